The fourth-order valence-electron chi connectivity index (χ4n) is 3.26. The van der Waals surface area contributed by atoms with Gasteiger partial charge in [-0.25, -0.2) is 9.97 Å². The maximum Gasteiger partial charge on any atom is 0.143 e. The lowest BCUT2D eigenvalue weighted by Gasteiger charge is -2.22. The van der Waals surface area contributed by atoms with Crippen LogP contribution in [-0.2, 0) is 13.2 Å². The average Bonchev–Trinajstić information content (AvgIpc) is 3.17. The Morgan fingerprint density at radius 2 is 1.74 bits per heavy atom. The van der Waals surface area contributed by atoms with Gasteiger partial charge in [0.2, 0.25) is 0 Å². The van der Waals surface area contributed by atoms with Crippen molar-refractivity contribution in [3.63, 3.8) is 0 Å². The first-order valence-electron chi connectivity index (χ1n) is 9.11. The summed E-state index contributed by atoms with van der Waals surface area (Å²) in [5.41, 5.74) is 5.03. The molecule has 2 aromatic carbocycles. The van der Waals surface area contributed by atoms with E-state index < -0.39 is 0 Å². The Labute approximate surface area is 158 Å². The number of nitrogens with zero attached hydrogens (tertiary/aromatic N) is 3. The van der Waals surface area contributed by atoms with E-state index >= 15 is 0 Å². The number of fused-ring (bicyclic) bond motifs is 1. The van der Waals surface area contributed by atoms with Crippen LogP contribution in [-0.4, -0.2) is 26.6 Å². The Morgan fingerprint density at radius 1 is 0.963 bits per heavy atom. The summed E-state index contributed by atoms with van der Waals surface area (Å²) in [6.45, 7) is 3.84. The van der Waals surface area contributed by atoms with Gasteiger partial charge in [-0.15, -0.1) is 0 Å². The molecule has 0 radical (unpaired) electrons. The van der Waals surface area contributed by atoms with Crippen LogP contribution >= 0.6 is 0 Å². The highest BCUT2D eigenvalue weighted by Crippen LogP contribution is 2.29. The van der Waals surface area contributed by atoms with Gasteiger partial charge in [0, 0.05) is 18.8 Å². The molecule has 0 aliphatic rings. The molecule has 0 saturated carbocycles. The number of aromatic nitrogens is 3. The molecule has 4 aromatic rings. The van der Waals surface area contributed by atoms with Crippen LogP contribution in [0.2, 0.25) is 0 Å². The van der Waals surface area contributed by atoms with Crippen molar-refractivity contribution in [2.24, 2.45) is 0 Å². The van der Waals surface area contributed by atoms with E-state index in [4.69, 9.17) is 0 Å². The van der Waals surface area contributed by atoms with Crippen LogP contribution in [0.4, 0.5) is 5.82 Å². The first-order chi connectivity index (χ1) is 13.3. The first-order valence-corrected chi connectivity index (χ1v) is 9.11. The van der Waals surface area contributed by atoms with Gasteiger partial charge >= 0.3 is 0 Å². The summed E-state index contributed by atoms with van der Waals surface area (Å²) in [5.74, 6) is 0.931. The molecule has 0 saturated heterocycles. The second-order valence-electron chi connectivity index (χ2n) is 6.50. The van der Waals surface area contributed by atoms with Crippen LogP contribution in [0.3, 0.4) is 0 Å². The average molecular weight is 358 g/mol. The van der Waals surface area contributed by atoms with E-state index in [-0.39, 0.29) is 6.61 Å². The number of H-pyrrole nitrogens is 1. The number of nitrogens with one attached hydrogen (secondary N) is 1. The molecule has 27 heavy (non-hydrogen) atoms. The number of anilines is 1. The predicted octanol–water partition coefficient (Wildman–Crippen LogP) is 4.14. The number of aliphatic hydroxyl groups excluding tert-OH is 1. The quantitative estimate of drug-likeness (QED) is 0.544. The second kappa shape index (κ2) is 7.60. The van der Waals surface area contributed by atoms with Crippen molar-refractivity contribution in [3.05, 3.63) is 78.1 Å². The lowest BCUT2D eigenvalue weighted by Crippen LogP contribution is -2.23. The van der Waals surface area contributed by atoms with Crippen molar-refractivity contribution in [3.8, 4) is 11.3 Å². The number of aliphatic hydroxyl groups is 1. The van der Waals surface area contributed by atoms with E-state index in [0.29, 0.717) is 0 Å². The molecule has 136 valence electrons. The molecule has 0 unspecified atom stereocenters. The molecule has 0 spiro atoms. The number of aromatic amines is 1. The minimum Gasteiger partial charge on any atom is -0.392 e. The molecule has 5 heteroatoms. The van der Waals surface area contributed by atoms with E-state index in [1.54, 1.807) is 6.33 Å². The van der Waals surface area contributed by atoms with Crippen LogP contribution in [0.25, 0.3) is 22.3 Å². The van der Waals surface area contributed by atoms with Crippen molar-refractivity contribution in [1.29, 1.82) is 0 Å². The first kappa shape index (κ1) is 17.2. The monoisotopic (exact) mass is 358 g/mol. The minimum absolute atomic E-state index is 0.0492. The number of rotatable bonds is 6. The van der Waals surface area contributed by atoms with Gasteiger partial charge in [-0.2, -0.15) is 0 Å². The van der Waals surface area contributed by atoms with Gasteiger partial charge in [0.1, 0.15) is 17.8 Å². The molecular weight excluding hydrogens is 336 g/mol. The van der Waals surface area contributed by atoms with Crippen LogP contribution < -0.4 is 4.90 Å². The van der Waals surface area contributed by atoms with Crippen molar-refractivity contribution >= 4 is 16.9 Å². The lowest BCUT2D eigenvalue weighted by atomic mass is 10.1. The Morgan fingerprint density at radius 3 is 2.44 bits per heavy atom. The summed E-state index contributed by atoms with van der Waals surface area (Å²) in [7, 11) is 0. The molecule has 4 rings (SSSR count). The third-order valence-electron chi connectivity index (χ3n) is 4.75. The smallest absolute Gasteiger partial charge is 0.143 e. The van der Waals surface area contributed by atoms with E-state index in [9.17, 15) is 5.11 Å². The zero-order chi connectivity index (χ0) is 18.6. The van der Waals surface area contributed by atoms with E-state index in [1.807, 2.05) is 30.3 Å². The molecule has 2 heterocycles. The van der Waals surface area contributed by atoms with Crippen LogP contribution in [0.1, 0.15) is 18.1 Å². The van der Waals surface area contributed by atoms with Crippen LogP contribution in [0.15, 0.2) is 67.0 Å². The molecule has 2 N–H and O–H groups in total. The van der Waals surface area contributed by atoms with Gasteiger partial charge in [0.25, 0.3) is 0 Å². The van der Waals surface area contributed by atoms with E-state index in [1.165, 1.54) is 5.56 Å². The fraction of sp³-hybridized carbons (Fsp3) is 0.182. The number of hydrogen-bond donors (Lipinski definition) is 2. The van der Waals surface area contributed by atoms with Crippen molar-refractivity contribution < 1.29 is 5.11 Å². The summed E-state index contributed by atoms with van der Waals surface area (Å²) >= 11 is 0. The molecule has 0 bridgehead atoms. The Bertz CT molecular complexity index is 1030. The number of hydrogen-bond acceptors (Lipinski definition) is 4. The van der Waals surface area contributed by atoms with Gasteiger partial charge in [-0.1, -0.05) is 54.6 Å². The summed E-state index contributed by atoms with van der Waals surface area (Å²) in [4.78, 5) is 14.6. The standard InChI is InChI=1S/C22H22N4O/c1-2-26(13-16-6-4-3-5-7-16)22-19-12-20(25-21(19)23-15-24-22)18-10-8-17(14-27)9-11-18/h3-12,15,27H,2,13-14H2,1H3,(H,23,24,25). The zero-order valence-electron chi connectivity index (χ0n) is 15.3. The maximum absolute atomic E-state index is 9.23. The van der Waals surface area contributed by atoms with Crippen molar-refractivity contribution in [1.82, 2.24) is 15.0 Å². The van der Waals surface area contributed by atoms with E-state index in [0.717, 1.165) is 46.8 Å². The lowest BCUT2D eigenvalue weighted by molar-refractivity contribution is 0.282. The van der Waals surface area contributed by atoms with Crippen molar-refractivity contribution in [2.75, 3.05) is 11.4 Å². The topological polar surface area (TPSA) is 65.0 Å². The molecule has 0 atom stereocenters. The van der Waals surface area contributed by atoms with Crippen LogP contribution in [0, 0.1) is 0 Å². The molecule has 5 nitrogen and oxygen atoms in total. The molecular formula is C22H22N4O. The molecule has 0 aliphatic carbocycles. The SMILES string of the molecule is CCN(Cc1ccccc1)c1ncnc2[nH]c(-c3ccc(CO)cc3)cc12. The summed E-state index contributed by atoms with van der Waals surface area (Å²) in [6.07, 6.45) is 1.61. The highest BCUT2D eigenvalue weighted by Gasteiger charge is 2.14. The summed E-state index contributed by atoms with van der Waals surface area (Å²) in [6, 6.07) is 20.4. The Kier molecular flexibility index (Phi) is 4.85. The molecule has 0 aliphatic heterocycles. The van der Waals surface area contributed by atoms with Gasteiger partial charge in [0.05, 0.1) is 12.0 Å². The Hall–Kier alpha value is -3.18. The molecule has 0 amide bonds. The van der Waals surface area contributed by atoms with Gasteiger partial charge in [-0.05, 0) is 29.7 Å². The van der Waals surface area contributed by atoms with Gasteiger partial charge in [0.15, 0.2) is 0 Å². The minimum atomic E-state index is 0.0492. The molecule has 2 aromatic heterocycles. The largest absolute Gasteiger partial charge is 0.392 e. The van der Waals surface area contributed by atoms with Gasteiger partial charge in [-0.3, -0.25) is 0 Å². The van der Waals surface area contributed by atoms with Crippen LogP contribution in [0.5, 0.6) is 0 Å². The maximum atomic E-state index is 9.23. The number of benzene rings is 2. The second-order valence-corrected chi connectivity index (χ2v) is 6.50. The normalized spacial score (nSPS) is 11.0. The summed E-state index contributed by atoms with van der Waals surface area (Å²) < 4.78 is 0. The van der Waals surface area contributed by atoms with Gasteiger partial charge < -0.3 is 15.0 Å². The highest BCUT2D eigenvalue weighted by atomic mass is 16.3. The third-order valence-corrected chi connectivity index (χ3v) is 4.75. The zero-order valence-corrected chi connectivity index (χ0v) is 15.3. The predicted molar refractivity (Wildman–Crippen MR) is 108 cm³/mol. The Balaban J connectivity index is 1.71. The highest BCUT2D eigenvalue weighted by molar-refractivity contribution is 5.91. The summed E-state index contributed by atoms with van der Waals surface area (Å²) in [5, 5.41) is 10.2. The van der Waals surface area contributed by atoms with Crippen molar-refractivity contribution in [2.45, 2.75) is 20.1 Å². The fourth-order valence-corrected chi connectivity index (χ4v) is 3.26. The molecule has 0 fully saturated rings. The van der Waals surface area contributed by atoms with E-state index in [2.05, 4.69) is 57.1 Å². The third kappa shape index (κ3) is 3.55.